The Labute approximate surface area is 232 Å². The average molecular weight is 540 g/mol. The molecule has 5 rings (SSSR count). The number of nitrogens with zero attached hydrogens (tertiary/aromatic N) is 4. The average Bonchev–Trinajstić information content (AvgIpc) is 3.53. The van der Waals surface area contributed by atoms with Crippen molar-refractivity contribution in [3.8, 4) is 22.5 Å². The van der Waals surface area contributed by atoms with E-state index in [0.717, 1.165) is 47.9 Å². The summed E-state index contributed by atoms with van der Waals surface area (Å²) >= 11 is 0. The highest BCUT2D eigenvalue weighted by molar-refractivity contribution is 5.97. The van der Waals surface area contributed by atoms with Crippen molar-refractivity contribution in [2.75, 3.05) is 17.6 Å². The molecule has 1 fully saturated rings. The highest BCUT2D eigenvalue weighted by Gasteiger charge is 2.29. The third kappa shape index (κ3) is 6.49. The number of benzene rings is 2. The van der Waals surface area contributed by atoms with Gasteiger partial charge in [-0.1, -0.05) is 24.3 Å². The van der Waals surface area contributed by atoms with Gasteiger partial charge in [0.15, 0.2) is 0 Å². The summed E-state index contributed by atoms with van der Waals surface area (Å²) in [7, 11) is 0. The number of aromatic amines is 1. The van der Waals surface area contributed by atoms with Crippen LogP contribution in [0.3, 0.4) is 0 Å². The van der Waals surface area contributed by atoms with Gasteiger partial charge in [0.05, 0.1) is 0 Å². The molecule has 1 unspecified atom stereocenters. The van der Waals surface area contributed by atoms with E-state index in [1.807, 2.05) is 36.4 Å². The number of carbonyl (C=O) groups is 2. The van der Waals surface area contributed by atoms with Crippen molar-refractivity contribution >= 4 is 23.3 Å². The van der Waals surface area contributed by atoms with E-state index in [0.29, 0.717) is 36.2 Å². The minimum atomic E-state index is -0.758. The minimum absolute atomic E-state index is 0.0946. The van der Waals surface area contributed by atoms with Gasteiger partial charge in [0.25, 0.3) is 0 Å². The van der Waals surface area contributed by atoms with Gasteiger partial charge in [0, 0.05) is 35.3 Å². The van der Waals surface area contributed by atoms with Crippen LogP contribution in [0.25, 0.3) is 22.5 Å². The van der Waals surface area contributed by atoms with E-state index >= 15 is 0 Å². The van der Waals surface area contributed by atoms with Crippen molar-refractivity contribution in [2.24, 2.45) is 17.6 Å². The molecule has 0 spiro atoms. The number of H-pyrrole nitrogens is 1. The SMILES string of the molecule is NCC1CCC(C(=O)NC(Cc2ccc(-c3cccnc3N)cc2)C(=O)Nc2ccc(-c3nn[nH]n3)cc2)CC1. The van der Waals surface area contributed by atoms with Crippen molar-refractivity contribution in [1.29, 1.82) is 0 Å². The van der Waals surface area contributed by atoms with Crippen molar-refractivity contribution < 1.29 is 9.59 Å². The van der Waals surface area contributed by atoms with Gasteiger partial charge in [0.1, 0.15) is 11.9 Å². The smallest absolute Gasteiger partial charge is 0.247 e. The number of pyridine rings is 1. The molecule has 7 N–H and O–H groups in total. The Morgan fingerprint density at radius 2 is 1.70 bits per heavy atom. The van der Waals surface area contributed by atoms with Gasteiger partial charge >= 0.3 is 0 Å². The highest BCUT2D eigenvalue weighted by atomic mass is 16.2. The summed E-state index contributed by atoms with van der Waals surface area (Å²) in [4.78, 5) is 30.9. The third-order valence-electron chi connectivity index (χ3n) is 7.48. The summed E-state index contributed by atoms with van der Waals surface area (Å²) in [6, 6.07) is 17.9. The standard InChI is InChI=1S/C29H33N9O2/c30-17-19-5-9-22(10-6-19)28(39)34-25(16-18-3-7-20(8-4-18)24-2-1-15-32-26(24)31)29(40)33-23-13-11-21(12-14-23)27-35-37-38-36-27/h1-4,7-8,11-15,19,22,25H,5-6,9-10,16-17,30H2,(H2,31,32)(H,33,40)(H,34,39)(H,35,36,37,38). The number of nitrogen functional groups attached to an aromatic ring is 1. The van der Waals surface area contributed by atoms with Crippen LogP contribution in [0.4, 0.5) is 11.5 Å². The van der Waals surface area contributed by atoms with E-state index in [4.69, 9.17) is 11.5 Å². The largest absolute Gasteiger partial charge is 0.383 e. The summed E-state index contributed by atoms with van der Waals surface area (Å²) in [5, 5.41) is 19.9. The second kappa shape index (κ2) is 12.5. The van der Waals surface area contributed by atoms with Crippen LogP contribution in [0.2, 0.25) is 0 Å². The summed E-state index contributed by atoms with van der Waals surface area (Å²) in [6.45, 7) is 0.644. The fraction of sp³-hybridized carbons (Fsp3) is 0.310. The zero-order valence-electron chi connectivity index (χ0n) is 22.1. The lowest BCUT2D eigenvalue weighted by atomic mass is 9.81. The zero-order valence-corrected chi connectivity index (χ0v) is 22.1. The predicted octanol–water partition coefficient (Wildman–Crippen LogP) is 2.94. The van der Waals surface area contributed by atoms with Crippen molar-refractivity contribution in [3.63, 3.8) is 0 Å². The molecule has 1 saturated carbocycles. The number of tetrazole rings is 1. The van der Waals surface area contributed by atoms with Crippen LogP contribution < -0.4 is 22.1 Å². The summed E-state index contributed by atoms with van der Waals surface area (Å²) < 4.78 is 0. The molecule has 4 aromatic rings. The molecular formula is C29H33N9O2. The second-order valence-electron chi connectivity index (χ2n) is 10.2. The Kier molecular flexibility index (Phi) is 8.41. The fourth-order valence-corrected chi connectivity index (χ4v) is 5.09. The molecule has 1 aliphatic carbocycles. The van der Waals surface area contributed by atoms with E-state index in [9.17, 15) is 9.59 Å². The van der Waals surface area contributed by atoms with Crippen LogP contribution in [0.15, 0.2) is 66.9 Å². The van der Waals surface area contributed by atoms with Crippen LogP contribution in [0.1, 0.15) is 31.2 Å². The lowest BCUT2D eigenvalue weighted by Crippen LogP contribution is -2.48. The van der Waals surface area contributed by atoms with Crippen molar-refractivity contribution in [3.05, 3.63) is 72.4 Å². The first-order chi connectivity index (χ1) is 19.5. The Bertz CT molecular complexity index is 1410. The Hall–Kier alpha value is -4.64. The summed E-state index contributed by atoms with van der Waals surface area (Å²) in [5.74, 6) is 0.868. The highest BCUT2D eigenvalue weighted by Crippen LogP contribution is 2.29. The second-order valence-corrected chi connectivity index (χ2v) is 10.2. The van der Waals surface area contributed by atoms with E-state index in [-0.39, 0.29) is 17.7 Å². The van der Waals surface area contributed by atoms with Crippen molar-refractivity contribution in [2.45, 2.75) is 38.1 Å². The summed E-state index contributed by atoms with van der Waals surface area (Å²) in [5.41, 5.74) is 15.9. The number of amides is 2. The molecule has 2 heterocycles. The molecule has 1 atom stereocenters. The number of nitrogens with two attached hydrogens (primary N) is 2. The normalized spacial score (nSPS) is 17.6. The topological polar surface area (TPSA) is 178 Å². The number of rotatable bonds is 9. The molecule has 2 aromatic carbocycles. The van der Waals surface area contributed by atoms with Crippen LogP contribution in [-0.4, -0.2) is 50.0 Å². The molecule has 11 nitrogen and oxygen atoms in total. The predicted molar refractivity (Wildman–Crippen MR) is 152 cm³/mol. The molecule has 1 aliphatic rings. The molecular weight excluding hydrogens is 506 g/mol. The van der Waals surface area contributed by atoms with E-state index in [1.165, 1.54) is 0 Å². The van der Waals surface area contributed by atoms with Gasteiger partial charge in [-0.2, -0.15) is 5.21 Å². The molecule has 40 heavy (non-hydrogen) atoms. The van der Waals surface area contributed by atoms with Crippen molar-refractivity contribution in [1.82, 2.24) is 30.9 Å². The maximum atomic E-state index is 13.5. The lowest BCUT2D eigenvalue weighted by molar-refractivity contribution is -0.130. The van der Waals surface area contributed by atoms with Gasteiger partial charge < -0.3 is 22.1 Å². The maximum Gasteiger partial charge on any atom is 0.247 e. The maximum absolute atomic E-state index is 13.5. The Morgan fingerprint density at radius 1 is 0.975 bits per heavy atom. The molecule has 2 aromatic heterocycles. The molecule has 0 saturated heterocycles. The lowest BCUT2D eigenvalue weighted by Gasteiger charge is -2.28. The minimum Gasteiger partial charge on any atom is -0.383 e. The number of hydrogen-bond acceptors (Lipinski definition) is 8. The number of aromatic nitrogens is 5. The number of nitrogens with one attached hydrogen (secondary N) is 3. The fourth-order valence-electron chi connectivity index (χ4n) is 5.09. The van der Waals surface area contributed by atoms with E-state index in [2.05, 4.69) is 36.2 Å². The number of anilines is 2. The van der Waals surface area contributed by atoms with Crippen LogP contribution in [0.5, 0.6) is 0 Å². The molecule has 2 amide bonds. The van der Waals surface area contributed by atoms with Gasteiger partial charge in [-0.05, 0) is 90.9 Å². The summed E-state index contributed by atoms with van der Waals surface area (Å²) in [6.07, 6.45) is 5.40. The first-order valence-corrected chi connectivity index (χ1v) is 13.4. The van der Waals surface area contributed by atoms with E-state index < -0.39 is 6.04 Å². The van der Waals surface area contributed by atoms with Crippen LogP contribution >= 0.6 is 0 Å². The monoisotopic (exact) mass is 539 g/mol. The number of carbonyl (C=O) groups excluding carboxylic acids is 2. The molecule has 0 radical (unpaired) electrons. The molecule has 0 bridgehead atoms. The van der Waals surface area contributed by atoms with Crippen LogP contribution in [-0.2, 0) is 16.0 Å². The Morgan fingerprint density at radius 3 is 2.35 bits per heavy atom. The Balaban J connectivity index is 1.30. The van der Waals surface area contributed by atoms with Gasteiger partial charge in [-0.25, -0.2) is 4.98 Å². The van der Waals surface area contributed by atoms with Gasteiger partial charge in [0.2, 0.25) is 17.6 Å². The molecule has 0 aliphatic heterocycles. The first-order valence-electron chi connectivity index (χ1n) is 13.4. The van der Waals surface area contributed by atoms with Gasteiger partial charge in [-0.15, -0.1) is 10.2 Å². The molecule has 11 heteroatoms. The first kappa shape index (κ1) is 26.9. The third-order valence-corrected chi connectivity index (χ3v) is 7.48. The molecule has 206 valence electrons. The van der Waals surface area contributed by atoms with Gasteiger partial charge in [-0.3, -0.25) is 9.59 Å². The zero-order chi connectivity index (χ0) is 27.9. The number of hydrogen-bond donors (Lipinski definition) is 5. The van der Waals surface area contributed by atoms with E-state index in [1.54, 1.807) is 30.5 Å². The van der Waals surface area contributed by atoms with Crippen LogP contribution in [0, 0.1) is 11.8 Å². The quantitative estimate of drug-likeness (QED) is 0.215.